The minimum atomic E-state index is 0.323. The maximum absolute atomic E-state index is 12.0. The summed E-state index contributed by atoms with van der Waals surface area (Å²) >= 11 is 0. The van der Waals surface area contributed by atoms with Crippen LogP contribution in [0.5, 0.6) is 0 Å². The molecule has 2 saturated heterocycles. The number of rotatable bonds is 2. The molecule has 15 heavy (non-hydrogen) atoms. The Bertz CT molecular complexity index is 226. The van der Waals surface area contributed by atoms with Crippen molar-refractivity contribution in [2.75, 3.05) is 26.2 Å². The Morgan fingerprint density at radius 2 is 2.33 bits per heavy atom. The maximum Gasteiger partial charge on any atom is 0.224 e. The Balaban J connectivity index is 1.83. The summed E-state index contributed by atoms with van der Waals surface area (Å²) in [4.78, 5) is 14.0. The van der Waals surface area contributed by atoms with Crippen LogP contribution in [0, 0.1) is 0 Å². The molecule has 2 N–H and O–H groups in total. The highest BCUT2D eigenvalue weighted by Crippen LogP contribution is 2.12. The number of amides is 1. The van der Waals surface area contributed by atoms with Gasteiger partial charge >= 0.3 is 0 Å². The van der Waals surface area contributed by atoms with Crippen LogP contribution in [-0.2, 0) is 4.79 Å². The molecule has 1 amide bonds. The van der Waals surface area contributed by atoms with Crippen molar-refractivity contribution in [3.05, 3.63) is 0 Å². The fourth-order valence-corrected chi connectivity index (χ4v) is 2.47. The van der Waals surface area contributed by atoms with E-state index in [0.717, 1.165) is 32.6 Å². The quantitative estimate of drug-likeness (QED) is 0.673. The van der Waals surface area contributed by atoms with E-state index < -0.39 is 0 Å². The summed E-state index contributed by atoms with van der Waals surface area (Å²) in [5.74, 6) is 0.323. The van der Waals surface area contributed by atoms with Crippen molar-refractivity contribution in [2.24, 2.45) is 0 Å². The molecule has 0 aromatic heterocycles. The van der Waals surface area contributed by atoms with Crippen molar-refractivity contribution < 1.29 is 4.79 Å². The second-order valence-electron chi connectivity index (χ2n) is 4.64. The average Bonchev–Trinajstić information content (AvgIpc) is 2.71. The molecule has 0 aromatic rings. The summed E-state index contributed by atoms with van der Waals surface area (Å²) in [6, 6.07) is 0.784. The predicted octanol–water partition coefficient (Wildman–Crippen LogP) is -0.0512. The van der Waals surface area contributed by atoms with E-state index in [1.54, 1.807) is 0 Å². The van der Waals surface area contributed by atoms with Gasteiger partial charge in [-0.1, -0.05) is 0 Å². The van der Waals surface area contributed by atoms with E-state index in [4.69, 9.17) is 0 Å². The molecule has 2 unspecified atom stereocenters. The number of nitrogens with zero attached hydrogens (tertiary/aromatic N) is 1. The van der Waals surface area contributed by atoms with E-state index in [0.29, 0.717) is 24.4 Å². The topological polar surface area (TPSA) is 44.4 Å². The number of nitrogens with one attached hydrogen (secondary N) is 2. The maximum atomic E-state index is 12.0. The molecule has 2 heterocycles. The van der Waals surface area contributed by atoms with Crippen LogP contribution in [0.15, 0.2) is 0 Å². The lowest BCUT2D eigenvalue weighted by molar-refractivity contribution is -0.134. The zero-order valence-corrected chi connectivity index (χ0v) is 9.46. The van der Waals surface area contributed by atoms with Gasteiger partial charge in [-0.25, -0.2) is 0 Å². The second-order valence-corrected chi connectivity index (χ2v) is 4.64. The fourth-order valence-electron chi connectivity index (χ4n) is 2.47. The van der Waals surface area contributed by atoms with Crippen LogP contribution in [0.2, 0.25) is 0 Å². The van der Waals surface area contributed by atoms with Crippen LogP contribution in [0.3, 0.4) is 0 Å². The van der Waals surface area contributed by atoms with Crippen molar-refractivity contribution in [3.63, 3.8) is 0 Å². The number of piperazine rings is 1. The normalized spacial score (nSPS) is 31.9. The van der Waals surface area contributed by atoms with Gasteiger partial charge in [0.25, 0.3) is 0 Å². The molecule has 2 aliphatic rings. The van der Waals surface area contributed by atoms with E-state index in [1.807, 2.05) is 4.90 Å². The Kier molecular flexibility index (Phi) is 3.59. The molecule has 0 saturated carbocycles. The van der Waals surface area contributed by atoms with Gasteiger partial charge in [-0.15, -0.1) is 0 Å². The van der Waals surface area contributed by atoms with Gasteiger partial charge in [0, 0.05) is 38.1 Å². The molecular weight excluding hydrogens is 190 g/mol. The van der Waals surface area contributed by atoms with Crippen LogP contribution in [0.25, 0.3) is 0 Å². The molecule has 2 aliphatic heterocycles. The molecule has 2 atom stereocenters. The number of hydrogen-bond acceptors (Lipinski definition) is 3. The zero-order valence-electron chi connectivity index (χ0n) is 9.46. The van der Waals surface area contributed by atoms with E-state index in [-0.39, 0.29) is 0 Å². The molecule has 0 bridgehead atoms. The molecular formula is C11H21N3O. The van der Waals surface area contributed by atoms with Crippen molar-refractivity contribution in [1.82, 2.24) is 15.5 Å². The van der Waals surface area contributed by atoms with E-state index in [9.17, 15) is 4.79 Å². The van der Waals surface area contributed by atoms with Crippen molar-refractivity contribution in [3.8, 4) is 0 Å². The molecule has 4 heteroatoms. The summed E-state index contributed by atoms with van der Waals surface area (Å²) in [7, 11) is 0. The van der Waals surface area contributed by atoms with Gasteiger partial charge in [-0.3, -0.25) is 4.79 Å². The zero-order chi connectivity index (χ0) is 10.7. The smallest absolute Gasteiger partial charge is 0.224 e. The molecule has 0 spiro atoms. The number of hydrogen-bond donors (Lipinski definition) is 2. The summed E-state index contributed by atoms with van der Waals surface area (Å²) in [6.45, 7) is 5.94. The minimum Gasteiger partial charge on any atom is -0.337 e. The lowest BCUT2D eigenvalue weighted by Crippen LogP contribution is -2.53. The molecule has 4 nitrogen and oxygen atoms in total. The molecule has 2 fully saturated rings. The molecule has 86 valence electrons. The molecule has 0 aromatic carbocycles. The predicted molar refractivity (Wildman–Crippen MR) is 59.7 cm³/mol. The Hall–Kier alpha value is -0.610. The Labute approximate surface area is 91.4 Å². The van der Waals surface area contributed by atoms with E-state index in [2.05, 4.69) is 17.6 Å². The second kappa shape index (κ2) is 4.94. The monoisotopic (exact) mass is 211 g/mol. The highest BCUT2D eigenvalue weighted by atomic mass is 16.2. The van der Waals surface area contributed by atoms with Crippen LogP contribution in [0.4, 0.5) is 0 Å². The first kappa shape index (κ1) is 10.9. The van der Waals surface area contributed by atoms with E-state index in [1.165, 1.54) is 6.42 Å². The number of carbonyl (C=O) groups is 1. The summed E-state index contributed by atoms with van der Waals surface area (Å²) in [5, 5.41) is 6.68. The lowest BCUT2D eigenvalue weighted by atomic mass is 10.1. The van der Waals surface area contributed by atoms with Gasteiger partial charge in [0.05, 0.1) is 0 Å². The van der Waals surface area contributed by atoms with Gasteiger partial charge in [0.2, 0.25) is 5.91 Å². The molecule has 2 rings (SSSR count). The standard InChI is InChI=1S/C11H21N3O/c1-9-8-12-5-6-14(9)11(15)7-10-3-2-4-13-10/h9-10,12-13H,2-8H2,1H3. The van der Waals surface area contributed by atoms with Crippen molar-refractivity contribution >= 4 is 5.91 Å². The third-order valence-electron chi connectivity index (χ3n) is 3.41. The third kappa shape index (κ3) is 2.69. The Morgan fingerprint density at radius 3 is 3.00 bits per heavy atom. The van der Waals surface area contributed by atoms with E-state index >= 15 is 0 Å². The van der Waals surface area contributed by atoms with Crippen LogP contribution in [-0.4, -0.2) is 49.1 Å². The summed E-state index contributed by atoms with van der Waals surface area (Å²) in [5.41, 5.74) is 0. The first-order chi connectivity index (χ1) is 7.27. The summed E-state index contributed by atoms with van der Waals surface area (Å²) in [6.07, 6.45) is 3.06. The van der Waals surface area contributed by atoms with Crippen LogP contribution < -0.4 is 10.6 Å². The summed E-state index contributed by atoms with van der Waals surface area (Å²) < 4.78 is 0. The highest BCUT2D eigenvalue weighted by Gasteiger charge is 2.26. The SMILES string of the molecule is CC1CNCCN1C(=O)CC1CCCN1. The van der Waals surface area contributed by atoms with Gasteiger partial charge in [-0.05, 0) is 26.3 Å². The van der Waals surface area contributed by atoms with Gasteiger partial charge in [-0.2, -0.15) is 0 Å². The fraction of sp³-hybridized carbons (Fsp3) is 0.909. The first-order valence-corrected chi connectivity index (χ1v) is 6.01. The average molecular weight is 211 g/mol. The minimum absolute atomic E-state index is 0.323. The van der Waals surface area contributed by atoms with Crippen molar-refractivity contribution in [2.45, 2.75) is 38.3 Å². The largest absolute Gasteiger partial charge is 0.337 e. The van der Waals surface area contributed by atoms with Crippen molar-refractivity contribution in [1.29, 1.82) is 0 Å². The lowest BCUT2D eigenvalue weighted by Gasteiger charge is -2.34. The van der Waals surface area contributed by atoms with Gasteiger partial charge in [0.15, 0.2) is 0 Å². The molecule has 0 radical (unpaired) electrons. The number of carbonyl (C=O) groups excluding carboxylic acids is 1. The van der Waals surface area contributed by atoms with Gasteiger partial charge < -0.3 is 15.5 Å². The first-order valence-electron chi connectivity index (χ1n) is 6.01. The van der Waals surface area contributed by atoms with Gasteiger partial charge in [0.1, 0.15) is 0 Å². The molecule has 0 aliphatic carbocycles. The third-order valence-corrected chi connectivity index (χ3v) is 3.41. The van der Waals surface area contributed by atoms with Crippen LogP contribution in [0.1, 0.15) is 26.2 Å². The highest BCUT2D eigenvalue weighted by molar-refractivity contribution is 5.77. The van der Waals surface area contributed by atoms with Crippen LogP contribution >= 0.6 is 0 Å². The Morgan fingerprint density at radius 1 is 1.47 bits per heavy atom.